The maximum absolute atomic E-state index is 3.51. The van der Waals surface area contributed by atoms with Gasteiger partial charge in [-0.05, 0) is 37.2 Å². The zero-order valence-corrected chi connectivity index (χ0v) is 9.33. The minimum atomic E-state index is 0.537. The van der Waals surface area contributed by atoms with Crippen LogP contribution in [0.5, 0.6) is 0 Å². The predicted molar refractivity (Wildman–Crippen MR) is 57.6 cm³/mol. The van der Waals surface area contributed by atoms with E-state index in [9.17, 15) is 0 Å². The van der Waals surface area contributed by atoms with E-state index in [1.807, 2.05) is 0 Å². The number of hydrogen-bond acceptors (Lipinski definition) is 1. The lowest BCUT2D eigenvalue weighted by Gasteiger charge is -2.17. The Bertz CT molecular complexity index is 126. The molecule has 0 aromatic carbocycles. The van der Waals surface area contributed by atoms with Crippen LogP contribution in [0.15, 0.2) is 12.2 Å². The maximum atomic E-state index is 3.51. The van der Waals surface area contributed by atoms with Crippen LogP contribution < -0.4 is 0 Å². The molecule has 1 aliphatic heterocycles. The number of hydrogen-bond donors (Lipinski definition) is 0. The summed E-state index contributed by atoms with van der Waals surface area (Å²) in [6.45, 7) is 2.16. The van der Waals surface area contributed by atoms with Crippen LogP contribution in [0, 0.1) is 5.92 Å². The quantitative estimate of drug-likeness (QED) is 0.521. The number of allylic oxidation sites excluding steroid dienone is 2. The van der Waals surface area contributed by atoms with Gasteiger partial charge in [0.25, 0.3) is 0 Å². The van der Waals surface area contributed by atoms with E-state index in [1.165, 1.54) is 24.3 Å². The first-order valence-corrected chi connectivity index (χ1v) is 6.26. The molecule has 2 atom stereocenters. The zero-order chi connectivity index (χ0) is 8.10. The molecular formula is C9H15BrS. The Kier molecular flexibility index (Phi) is 4.61. The van der Waals surface area contributed by atoms with Gasteiger partial charge in [-0.1, -0.05) is 28.1 Å². The highest BCUT2D eigenvalue weighted by atomic mass is 79.9. The van der Waals surface area contributed by atoms with E-state index in [0.717, 1.165) is 5.92 Å². The normalized spacial score (nSPS) is 29.1. The SMILES string of the molecule is CC(Br)/C=C/C1CCCSC1. The summed E-state index contributed by atoms with van der Waals surface area (Å²) in [5.74, 6) is 3.54. The molecule has 1 heterocycles. The monoisotopic (exact) mass is 234 g/mol. The van der Waals surface area contributed by atoms with Gasteiger partial charge in [-0.3, -0.25) is 0 Å². The van der Waals surface area contributed by atoms with Crippen LogP contribution in [0.25, 0.3) is 0 Å². The molecule has 0 nitrogen and oxygen atoms in total. The Hall–Kier alpha value is 0.570. The fourth-order valence-corrected chi connectivity index (χ4v) is 2.52. The molecular weight excluding hydrogens is 220 g/mol. The minimum Gasteiger partial charge on any atom is -0.161 e. The Labute approximate surface area is 82.0 Å². The standard InChI is InChI=1S/C9H15BrS/c1-8(10)4-5-9-3-2-6-11-7-9/h4-5,8-9H,2-3,6-7H2,1H3/b5-4+. The minimum absolute atomic E-state index is 0.537. The third kappa shape index (κ3) is 4.22. The molecule has 64 valence electrons. The fraction of sp³-hybridized carbons (Fsp3) is 0.778. The zero-order valence-electron chi connectivity index (χ0n) is 6.92. The molecule has 1 aliphatic rings. The van der Waals surface area contributed by atoms with Crippen molar-refractivity contribution in [3.05, 3.63) is 12.2 Å². The van der Waals surface area contributed by atoms with E-state index < -0.39 is 0 Å². The number of halogens is 1. The van der Waals surface area contributed by atoms with Crippen molar-refractivity contribution in [2.24, 2.45) is 5.92 Å². The molecule has 0 amide bonds. The van der Waals surface area contributed by atoms with Crippen molar-refractivity contribution in [2.75, 3.05) is 11.5 Å². The predicted octanol–water partition coefficient (Wildman–Crippen LogP) is 3.47. The lowest BCUT2D eigenvalue weighted by Crippen LogP contribution is -2.07. The summed E-state index contributed by atoms with van der Waals surface area (Å²) < 4.78 is 0. The lowest BCUT2D eigenvalue weighted by molar-refractivity contribution is 0.628. The van der Waals surface area contributed by atoms with Crippen molar-refractivity contribution < 1.29 is 0 Å². The van der Waals surface area contributed by atoms with Crippen molar-refractivity contribution in [3.63, 3.8) is 0 Å². The number of rotatable bonds is 2. The summed E-state index contributed by atoms with van der Waals surface area (Å²) in [6, 6.07) is 0. The third-order valence-electron chi connectivity index (χ3n) is 1.84. The lowest BCUT2D eigenvalue weighted by atomic mass is 10.0. The molecule has 0 radical (unpaired) electrons. The molecule has 0 aromatic rings. The van der Waals surface area contributed by atoms with Gasteiger partial charge >= 0.3 is 0 Å². The van der Waals surface area contributed by atoms with Gasteiger partial charge in [0.1, 0.15) is 0 Å². The van der Waals surface area contributed by atoms with Crippen molar-refractivity contribution in [3.8, 4) is 0 Å². The topological polar surface area (TPSA) is 0 Å². The van der Waals surface area contributed by atoms with Crippen LogP contribution >= 0.6 is 27.7 Å². The van der Waals surface area contributed by atoms with Gasteiger partial charge < -0.3 is 0 Å². The Morgan fingerprint density at radius 3 is 3.00 bits per heavy atom. The number of thioether (sulfide) groups is 1. The first-order chi connectivity index (χ1) is 5.29. The average Bonchev–Trinajstić information content (AvgIpc) is 2.03. The average molecular weight is 235 g/mol. The molecule has 0 bridgehead atoms. The van der Waals surface area contributed by atoms with Gasteiger partial charge in [-0.25, -0.2) is 0 Å². The highest BCUT2D eigenvalue weighted by Crippen LogP contribution is 2.23. The Balaban J connectivity index is 2.23. The van der Waals surface area contributed by atoms with Gasteiger partial charge in [0, 0.05) is 4.83 Å². The smallest absolute Gasteiger partial charge is 0.0297 e. The maximum Gasteiger partial charge on any atom is 0.0297 e. The Morgan fingerprint density at radius 2 is 2.45 bits per heavy atom. The summed E-state index contributed by atoms with van der Waals surface area (Å²) in [6.07, 6.45) is 7.42. The second-order valence-electron chi connectivity index (χ2n) is 3.04. The molecule has 1 saturated heterocycles. The van der Waals surface area contributed by atoms with Gasteiger partial charge in [-0.2, -0.15) is 11.8 Å². The van der Waals surface area contributed by atoms with Gasteiger partial charge in [-0.15, -0.1) is 0 Å². The van der Waals surface area contributed by atoms with Gasteiger partial charge in [0.05, 0.1) is 0 Å². The second kappa shape index (κ2) is 5.26. The largest absolute Gasteiger partial charge is 0.161 e. The highest BCUT2D eigenvalue weighted by molar-refractivity contribution is 9.09. The van der Waals surface area contributed by atoms with E-state index in [4.69, 9.17) is 0 Å². The van der Waals surface area contributed by atoms with Gasteiger partial charge in [0.2, 0.25) is 0 Å². The molecule has 2 heteroatoms. The van der Waals surface area contributed by atoms with E-state index in [-0.39, 0.29) is 0 Å². The second-order valence-corrected chi connectivity index (χ2v) is 5.63. The van der Waals surface area contributed by atoms with Crippen LogP contribution in [0.2, 0.25) is 0 Å². The van der Waals surface area contributed by atoms with Crippen molar-refractivity contribution >= 4 is 27.7 Å². The van der Waals surface area contributed by atoms with E-state index in [2.05, 4.69) is 46.8 Å². The van der Waals surface area contributed by atoms with Crippen LogP contribution in [-0.2, 0) is 0 Å². The molecule has 1 fully saturated rings. The molecule has 0 spiro atoms. The van der Waals surface area contributed by atoms with Gasteiger partial charge in [0.15, 0.2) is 0 Å². The molecule has 0 aromatic heterocycles. The van der Waals surface area contributed by atoms with Crippen molar-refractivity contribution in [2.45, 2.75) is 24.6 Å². The Morgan fingerprint density at radius 1 is 1.64 bits per heavy atom. The first-order valence-electron chi connectivity index (χ1n) is 4.19. The summed E-state index contributed by atoms with van der Waals surface area (Å²) in [5, 5.41) is 0. The van der Waals surface area contributed by atoms with E-state index >= 15 is 0 Å². The van der Waals surface area contributed by atoms with Crippen LogP contribution in [0.3, 0.4) is 0 Å². The molecule has 0 saturated carbocycles. The summed E-state index contributed by atoms with van der Waals surface area (Å²) >= 11 is 5.60. The van der Waals surface area contributed by atoms with E-state index in [1.54, 1.807) is 0 Å². The molecule has 1 rings (SSSR count). The third-order valence-corrected chi connectivity index (χ3v) is 3.39. The molecule has 11 heavy (non-hydrogen) atoms. The van der Waals surface area contributed by atoms with E-state index in [0.29, 0.717) is 4.83 Å². The fourth-order valence-electron chi connectivity index (χ4n) is 1.23. The van der Waals surface area contributed by atoms with Crippen LogP contribution in [-0.4, -0.2) is 16.3 Å². The number of alkyl halides is 1. The van der Waals surface area contributed by atoms with Crippen LogP contribution in [0.1, 0.15) is 19.8 Å². The highest BCUT2D eigenvalue weighted by Gasteiger charge is 2.09. The van der Waals surface area contributed by atoms with Crippen LogP contribution in [0.4, 0.5) is 0 Å². The molecule has 0 N–H and O–H groups in total. The van der Waals surface area contributed by atoms with Crippen molar-refractivity contribution in [1.82, 2.24) is 0 Å². The molecule has 0 aliphatic carbocycles. The summed E-state index contributed by atoms with van der Waals surface area (Å²) in [4.78, 5) is 0.537. The molecule has 2 unspecified atom stereocenters. The summed E-state index contributed by atoms with van der Waals surface area (Å²) in [5.41, 5.74) is 0. The summed E-state index contributed by atoms with van der Waals surface area (Å²) in [7, 11) is 0. The van der Waals surface area contributed by atoms with Crippen molar-refractivity contribution in [1.29, 1.82) is 0 Å². The first kappa shape index (κ1) is 9.66.